The lowest BCUT2D eigenvalue weighted by atomic mass is 10.2. The first kappa shape index (κ1) is 7.49. The number of fused-ring (bicyclic) bond motifs is 1. The molecule has 2 N–H and O–H groups in total. The minimum Gasteiger partial charge on any atom is -0.366 e. The van der Waals surface area contributed by atoms with Crippen LogP contribution < -0.4 is 5.32 Å². The molecule has 2 fully saturated rings. The fourth-order valence-electron chi connectivity index (χ4n) is 1.71. The largest absolute Gasteiger partial charge is 0.366 e. The van der Waals surface area contributed by atoms with E-state index < -0.39 is 6.29 Å². The van der Waals surface area contributed by atoms with Crippen LogP contribution in [0.15, 0.2) is 0 Å². The quantitative estimate of drug-likeness (QED) is 0.472. The number of morpholine rings is 1. The van der Waals surface area contributed by atoms with Crippen LogP contribution in [0.25, 0.3) is 0 Å². The molecule has 2 rings (SSSR count). The third kappa shape index (κ3) is 1.39. The Hall–Kier alpha value is -0.160. The molecular formula is C7H14N2O2. The second-order valence-corrected chi connectivity index (χ2v) is 3.05. The molecule has 0 aromatic rings. The van der Waals surface area contributed by atoms with E-state index in [1.54, 1.807) is 0 Å². The Morgan fingerprint density at radius 1 is 1.45 bits per heavy atom. The van der Waals surface area contributed by atoms with Crippen molar-refractivity contribution in [3.05, 3.63) is 0 Å². The summed E-state index contributed by atoms with van der Waals surface area (Å²) in [5.74, 6) is 0. The van der Waals surface area contributed by atoms with Gasteiger partial charge in [0.2, 0.25) is 0 Å². The number of aliphatic hydroxyl groups is 1. The van der Waals surface area contributed by atoms with Gasteiger partial charge in [-0.1, -0.05) is 0 Å². The molecular weight excluding hydrogens is 144 g/mol. The van der Waals surface area contributed by atoms with E-state index in [0.717, 1.165) is 19.6 Å². The molecule has 0 bridgehead atoms. The van der Waals surface area contributed by atoms with Crippen molar-refractivity contribution in [3.63, 3.8) is 0 Å². The number of nitrogens with zero attached hydrogens (tertiary/aromatic N) is 1. The average molecular weight is 158 g/mol. The molecule has 0 saturated carbocycles. The summed E-state index contributed by atoms with van der Waals surface area (Å²) < 4.78 is 5.10. The monoisotopic (exact) mass is 158 g/mol. The highest BCUT2D eigenvalue weighted by Crippen LogP contribution is 2.13. The zero-order valence-corrected chi connectivity index (χ0v) is 6.49. The molecule has 0 aromatic heterocycles. The van der Waals surface area contributed by atoms with E-state index in [2.05, 4.69) is 10.2 Å². The average Bonchev–Trinajstić information content (AvgIpc) is 2.06. The third-order valence-corrected chi connectivity index (χ3v) is 2.31. The number of hydrogen-bond donors (Lipinski definition) is 2. The number of aliphatic hydroxyl groups excluding tert-OH is 1. The van der Waals surface area contributed by atoms with Crippen LogP contribution in [0, 0.1) is 0 Å². The first-order valence-corrected chi connectivity index (χ1v) is 4.15. The number of ether oxygens (including phenoxy) is 1. The number of hydrogen-bond acceptors (Lipinski definition) is 4. The molecule has 2 aliphatic rings. The zero-order valence-electron chi connectivity index (χ0n) is 6.49. The zero-order chi connectivity index (χ0) is 7.68. The van der Waals surface area contributed by atoms with Gasteiger partial charge in [0.05, 0.1) is 6.61 Å². The van der Waals surface area contributed by atoms with Crippen LogP contribution in [-0.4, -0.2) is 48.7 Å². The van der Waals surface area contributed by atoms with Crippen LogP contribution in [0.2, 0.25) is 0 Å². The van der Waals surface area contributed by atoms with E-state index in [4.69, 9.17) is 4.74 Å². The summed E-state index contributed by atoms with van der Waals surface area (Å²) in [5.41, 5.74) is 0. The smallest absolute Gasteiger partial charge is 0.183 e. The predicted molar refractivity (Wildman–Crippen MR) is 39.9 cm³/mol. The summed E-state index contributed by atoms with van der Waals surface area (Å²) in [6.07, 6.45) is 0.574. The first-order valence-electron chi connectivity index (χ1n) is 4.15. The Bertz CT molecular complexity index is 140. The van der Waals surface area contributed by atoms with Crippen molar-refractivity contribution < 1.29 is 9.84 Å². The molecule has 0 spiro atoms. The van der Waals surface area contributed by atoms with Gasteiger partial charge in [-0.25, -0.2) is 0 Å². The van der Waals surface area contributed by atoms with E-state index in [1.165, 1.54) is 6.42 Å². The lowest BCUT2D eigenvalue weighted by molar-refractivity contribution is -0.192. The van der Waals surface area contributed by atoms with E-state index in [-0.39, 0.29) is 6.17 Å². The molecule has 0 amide bonds. The fourth-order valence-corrected chi connectivity index (χ4v) is 1.71. The normalized spacial score (nSPS) is 40.1. The standard InChI is InChI=1S/C7H14N2O2/c10-7-6-8-2-1-3-9(6)4-5-11-7/h6-8,10H,1-5H2/t6-,7-/m0/s1. The molecule has 0 unspecified atom stereocenters. The van der Waals surface area contributed by atoms with Crippen molar-refractivity contribution in [2.75, 3.05) is 26.2 Å². The number of nitrogens with one attached hydrogen (secondary N) is 1. The molecule has 11 heavy (non-hydrogen) atoms. The van der Waals surface area contributed by atoms with Gasteiger partial charge < -0.3 is 9.84 Å². The predicted octanol–water partition coefficient (Wildman–Crippen LogP) is -1.04. The van der Waals surface area contributed by atoms with Crippen molar-refractivity contribution in [2.24, 2.45) is 0 Å². The van der Waals surface area contributed by atoms with E-state index in [9.17, 15) is 5.11 Å². The minimum absolute atomic E-state index is 0.0394. The lowest BCUT2D eigenvalue weighted by Gasteiger charge is -2.42. The Balaban J connectivity index is 1.99. The second-order valence-electron chi connectivity index (χ2n) is 3.05. The maximum Gasteiger partial charge on any atom is 0.183 e. The van der Waals surface area contributed by atoms with Crippen molar-refractivity contribution in [3.8, 4) is 0 Å². The maximum atomic E-state index is 9.38. The third-order valence-electron chi connectivity index (χ3n) is 2.31. The van der Waals surface area contributed by atoms with Gasteiger partial charge in [-0.2, -0.15) is 0 Å². The van der Waals surface area contributed by atoms with Crippen molar-refractivity contribution >= 4 is 0 Å². The van der Waals surface area contributed by atoms with Gasteiger partial charge in [-0.15, -0.1) is 0 Å². The Labute approximate surface area is 66.1 Å². The van der Waals surface area contributed by atoms with Gasteiger partial charge in [0.25, 0.3) is 0 Å². The molecule has 0 aromatic carbocycles. The molecule has 4 nitrogen and oxygen atoms in total. The van der Waals surface area contributed by atoms with Crippen LogP contribution in [0.5, 0.6) is 0 Å². The molecule has 4 heteroatoms. The van der Waals surface area contributed by atoms with E-state index >= 15 is 0 Å². The van der Waals surface area contributed by atoms with E-state index in [0.29, 0.717) is 6.61 Å². The van der Waals surface area contributed by atoms with Gasteiger partial charge in [-0.05, 0) is 13.0 Å². The highest BCUT2D eigenvalue weighted by Gasteiger charge is 2.31. The topological polar surface area (TPSA) is 44.7 Å². The van der Waals surface area contributed by atoms with Crippen LogP contribution >= 0.6 is 0 Å². The summed E-state index contributed by atoms with van der Waals surface area (Å²) in [6, 6.07) is 0. The molecule has 0 aliphatic carbocycles. The summed E-state index contributed by atoms with van der Waals surface area (Å²) in [7, 11) is 0. The van der Waals surface area contributed by atoms with Crippen LogP contribution in [0.1, 0.15) is 6.42 Å². The molecule has 2 saturated heterocycles. The fraction of sp³-hybridized carbons (Fsp3) is 1.00. The SMILES string of the molecule is O[C@H]1OCCN2CCCN[C@H]12. The minimum atomic E-state index is -0.635. The Morgan fingerprint density at radius 3 is 3.18 bits per heavy atom. The van der Waals surface area contributed by atoms with Crippen LogP contribution in [0.3, 0.4) is 0 Å². The van der Waals surface area contributed by atoms with Crippen molar-refractivity contribution in [1.29, 1.82) is 0 Å². The summed E-state index contributed by atoms with van der Waals surface area (Å²) in [5, 5.41) is 12.6. The highest BCUT2D eigenvalue weighted by atomic mass is 16.6. The summed E-state index contributed by atoms with van der Waals surface area (Å²) in [4.78, 5) is 2.23. The first-order chi connectivity index (χ1) is 5.38. The van der Waals surface area contributed by atoms with Crippen molar-refractivity contribution in [2.45, 2.75) is 18.9 Å². The highest BCUT2D eigenvalue weighted by molar-refractivity contribution is 4.80. The lowest BCUT2D eigenvalue weighted by Crippen LogP contribution is -2.61. The maximum absolute atomic E-state index is 9.38. The van der Waals surface area contributed by atoms with Gasteiger partial charge in [0, 0.05) is 13.1 Å². The van der Waals surface area contributed by atoms with Crippen LogP contribution in [0.4, 0.5) is 0 Å². The van der Waals surface area contributed by atoms with Crippen molar-refractivity contribution in [1.82, 2.24) is 10.2 Å². The van der Waals surface area contributed by atoms with Gasteiger partial charge >= 0.3 is 0 Å². The molecule has 2 atom stereocenters. The van der Waals surface area contributed by atoms with Gasteiger partial charge in [0.15, 0.2) is 6.29 Å². The molecule has 64 valence electrons. The van der Waals surface area contributed by atoms with Crippen LogP contribution in [-0.2, 0) is 4.74 Å². The summed E-state index contributed by atoms with van der Waals surface area (Å²) >= 11 is 0. The second kappa shape index (κ2) is 3.06. The summed E-state index contributed by atoms with van der Waals surface area (Å²) in [6.45, 7) is 3.66. The van der Waals surface area contributed by atoms with Gasteiger partial charge in [-0.3, -0.25) is 10.2 Å². The molecule has 2 aliphatic heterocycles. The molecule has 2 heterocycles. The Kier molecular flexibility index (Phi) is 2.09. The Morgan fingerprint density at radius 2 is 2.36 bits per heavy atom. The van der Waals surface area contributed by atoms with Gasteiger partial charge in [0.1, 0.15) is 6.17 Å². The number of rotatable bonds is 0. The van der Waals surface area contributed by atoms with E-state index in [1.807, 2.05) is 0 Å². The molecule has 0 radical (unpaired) electrons.